The Morgan fingerprint density at radius 3 is 2.42 bits per heavy atom. The van der Waals surface area contributed by atoms with Crippen LogP contribution in [0.5, 0.6) is 0 Å². The van der Waals surface area contributed by atoms with Gasteiger partial charge >= 0.3 is 0 Å². The predicted molar refractivity (Wildman–Crippen MR) is 117 cm³/mol. The number of aromatic nitrogens is 2. The third-order valence-electron chi connectivity index (χ3n) is 4.69. The van der Waals surface area contributed by atoms with Crippen molar-refractivity contribution in [2.45, 2.75) is 13.3 Å². The van der Waals surface area contributed by atoms with Gasteiger partial charge in [0.1, 0.15) is 0 Å². The minimum atomic E-state index is -3.17. The van der Waals surface area contributed by atoms with Crippen molar-refractivity contribution in [3.05, 3.63) is 76.5 Å². The predicted octanol–water partition coefficient (Wildman–Crippen LogP) is 2.54. The molecular weight excluding hydrogens is 420 g/mol. The molecule has 1 N–H and O–H groups in total. The number of amides is 1. The first kappa shape index (κ1) is 22.2. The lowest BCUT2D eigenvalue weighted by atomic mass is 10.1. The van der Waals surface area contributed by atoms with Gasteiger partial charge in [-0.05, 0) is 24.3 Å². The average Bonchev–Trinajstić information content (AvgIpc) is 3.18. The van der Waals surface area contributed by atoms with E-state index in [1.54, 1.807) is 29.9 Å². The zero-order valence-corrected chi connectivity index (χ0v) is 17.7. The van der Waals surface area contributed by atoms with Crippen molar-refractivity contribution in [2.24, 2.45) is 0 Å². The van der Waals surface area contributed by atoms with E-state index >= 15 is 0 Å². The highest BCUT2D eigenvalue weighted by molar-refractivity contribution is 7.91. The van der Waals surface area contributed by atoms with Crippen molar-refractivity contribution in [1.29, 1.82) is 0 Å². The zero-order valence-electron chi connectivity index (χ0n) is 16.9. The number of nitro groups is 1. The van der Waals surface area contributed by atoms with Crippen LogP contribution in [0.2, 0.25) is 0 Å². The number of sulfone groups is 1. The molecule has 0 aliphatic carbocycles. The van der Waals surface area contributed by atoms with Gasteiger partial charge < -0.3 is 5.32 Å². The lowest BCUT2D eigenvalue weighted by Gasteiger charge is -2.06. The monoisotopic (exact) mass is 442 g/mol. The Hall–Kier alpha value is -3.53. The van der Waals surface area contributed by atoms with Crippen LogP contribution in [-0.4, -0.2) is 47.1 Å². The quantitative estimate of drug-likeness (QED) is 0.401. The van der Waals surface area contributed by atoms with Crippen LogP contribution in [0.3, 0.4) is 0 Å². The number of nitrogens with zero attached hydrogens (tertiary/aromatic N) is 3. The van der Waals surface area contributed by atoms with E-state index < -0.39 is 14.8 Å². The number of carbonyl (C=O) groups is 1. The molecule has 0 aliphatic heterocycles. The molecule has 1 aromatic heterocycles. The van der Waals surface area contributed by atoms with Crippen molar-refractivity contribution in [2.75, 3.05) is 18.1 Å². The molecule has 1 heterocycles. The minimum Gasteiger partial charge on any atom is -0.355 e. The Morgan fingerprint density at radius 2 is 1.81 bits per heavy atom. The first-order valence-electron chi connectivity index (χ1n) is 9.65. The van der Waals surface area contributed by atoms with Gasteiger partial charge in [0.2, 0.25) is 5.91 Å². The molecule has 0 atom stereocenters. The molecule has 0 aliphatic rings. The van der Waals surface area contributed by atoms with Crippen LogP contribution < -0.4 is 5.32 Å². The normalized spacial score (nSPS) is 11.3. The molecule has 9 nitrogen and oxygen atoms in total. The Balaban J connectivity index is 1.86. The molecule has 0 fully saturated rings. The highest BCUT2D eigenvalue weighted by Crippen LogP contribution is 2.26. The van der Waals surface area contributed by atoms with Crippen molar-refractivity contribution >= 4 is 21.4 Å². The number of rotatable bonds is 9. The summed E-state index contributed by atoms with van der Waals surface area (Å²) in [6, 6.07) is 15.3. The largest absolute Gasteiger partial charge is 0.355 e. The van der Waals surface area contributed by atoms with Gasteiger partial charge in [0.25, 0.3) is 5.69 Å². The number of hydrogen-bond acceptors (Lipinski definition) is 6. The van der Waals surface area contributed by atoms with Crippen LogP contribution in [0.25, 0.3) is 16.9 Å². The van der Waals surface area contributed by atoms with Crippen molar-refractivity contribution in [3.8, 4) is 16.9 Å². The van der Waals surface area contributed by atoms with Crippen LogP contribution in [-0.2, 0) is 21.1 Å². The molecule has 0 saturated carbocycles. The summed E-state index contributed by atoms with van der Waals surface area (Å²) < 4.78 is 24.8. The Kier molecular flexibility index (Phi) is 6.81. The number of para-hydroxylation sites is 1. The van der Waals surface area contributed by atoms with Gasteiger partial charge in [-0.3, -0.25) is 14.9 Å². The molecule has 0 radical (unpaired) electrons. The minimum absolute atomic E-state index is 0.00860. The molecule has 0 bridgehead atoms. The molecule has 1 amide bonds. The molecule has 2 aromatic carbocycles. The Morgan fingerprint density at radius 1 is 1.13 bits per heavy atom. The number of benzene rings is 2. The van der Waals surface area contributed by atoms with Crippen LogP contribution in [0.15, 0.2) is 60.8 Å². The summed E-state index contributed by atoms with van der Waals surface area (Å²) in [5, 5.41) is 18.1. The van der Waals surface area contributed by atoms with Crippen LogP contribution in [0, 0.1) is 10.1 Å². The number of carbonyl (C=O) groups excluding carboxylic acids is 1. The number of nitro benzene ring substituents is 1. The summed E-state index contributed by atoms with van der Waals surface area (Å²) >= 11 is 0. The number of hydrogen-bond donors (Lipinski definition) is 1. The average molecular weight is 442 g/mol. The lowest BCUT2D eigenvalue weighted by molar-refractivity contribution is -0.384. The maximum absolute atomic E-state index is 12.4. The van der Waals surface area contributed by atoms with Crippen LogP contribution in [0.1, 0.15) is 12.5 Å². The number of non-ortho nitro benzene ring substituents is 1. The molecule has 3 rings (SSSR count). The van der Waals surface area contributed by atoms with E-state index in [0.29, 0.717) is 16.8 Å². The Labute approximate surface area is 179 Å². The Bertz CT molecular complexity index is 1170. The second kappa shape index (κ2) is 9.52. The zero-order chi connectivity index (χ0) is 22.4. The summed E-state index contributed by atoms with van der Waals surface area (Å²) in [5.41, 5.74) is 2.54. The maximum Gasteiger partial charge on any atom is 0.269 e. The van der Waals surface area contributed by atoms with E-state index in [1.807, 2.05) is 30.3 Å². The van der Waals surface area contributed by atoms with Gasteiger partial charge in [-0.25, -0.2) is 13.1 Å². The van der Waals surface area contributed by atoms with E-state index in [0.717, 1.165) is 5.69 Å². The van der Waals surface area contributed by atoms with Crippen LogP contribution >= 0.6 is 0 Å². The van der Waals surface area contributed by atoms with Crippen molar-refractivity contribution < 1.29 is 18.1 Å². The number of nitrogens with one attached hydrogen (secondary N) is 1. The fourth-order valence-corrected chi connectivity index (χ4v) is 3.66. The van der Waals surface area contributed by atoms with Gasteiger partial charge in [-0.1, -0.05) is 25.1 Å². The first-order chi connectivity index (χ1) is 14.8. The molecule has 3 aromatic rings. The second-order valence-electron chi connectivity index (χ2n) is 6.85. The van der Waals surface area contributed by atoms with E-state index in [-0.39, 0.29) is 36.1 Å². The summed E-state index contributed by atoms with van der Waals surface area (Å²) in [6.07, 6.45) is 1.72. The van der Waals surface area contributed by atoms with E-state index in [2.05, 4.69) is 10.4 Å². The fourth-order valence-electron chi connectivity index (χ4n) is 2.96. The molecule has 0 saturated heterocycles. The highest BCUT2D eigenvalue weighted by atomic mass is 32.2. The summed E-state index contributed by atoms with van der Waals surface area (Å²) in [7, 11) is -3.17. The molecule has 162 valence electrons. The van der Waals surface area contributed by atoms with Gasteiger partial charge in [-0.15, -0.1) is 0 Å². The van der Waals surface area contributed by atoms with Crippen LogP contribution in [0.4, 0.5) is 5.69 Å². The van der Waals surface area contributed by atoms with E-state index in [9.17, 15) is 23.3 Å². The summed E-state index contributed by atoms with van der Waals surface area (Å²) in [5.74, 6) is -0.424. The van der Waals surface area contributed by atoms with E-state index in [4.69, 9.17) is 0 Å². The SMILES string of the molecule is CCS(=O)(=O)CCNC(=O)Cc1cn(-c2ccccc2)nc1-c1ccc([N+](=O)[O-])cc1. The third kappa shape index (κ3) is 5.76. The topological polar surface area (TPSA) is 124 Å². The first-order valence-corrected chi connectivity index (χ1v) is 11.5. The molecule has 0 spiro atoms. The molecule has 0 unspecified atom stereocenters. The lowest BCUT2D eigenvalue weighted by Crippen LogP contribution is -2.30. The van der Waals surface area contributed by atoms with Crippen molar-refractivity contribution in [3.63, 3.8) is 0 Å². The molecule has 10 heteroatoms. The maximum atomic E-state index is 12.4. The van der Waals surface area contributed by atoms with Gasteiger partial charge in [0, 0.05) is 41.8 Å². The van der Waals surface area contributed by atoms with Gasteiger partial charge in [0.05, 0.1) is 28.5 Å². The smallest absolute Gasteiger partial charge is 0.269 e. The fraction of sp³-hybridized carbons (Fsp3) is 0.238. The molecular formula is C21H22N4O5S. The third-order valence-corrected chi connectivity index (χ3v) is 6.39. The standard InChI is InChI=1S/C21H22N4O5S/c1-2-31(29,30)13-12-22-20(26)14-17-15-24(18-6-4-3-5-7-18)23-21(17)16-8-10-19(11-9-16)25(27)28/h3-11,15H,2,12-14H2,1H3,(H,22,26). The van der Waals surface area contributed by atoms with E-state index in [1.165, 1.54) is 12.1 Å². The highest BCUT2D eigenvalue weighted by Gasteiger charge is 2.17. The summed E-state index contributed by atoms with van der Waals surface area (Å²) in [4.78, 5) is 22.9. The van der Waals surface area contributed by atoms with Crippen molar-refractivity contribution in [1.82, 2.24) is 15.1 Å². The summed E-state index contributed by atoms with van der Waals surface area (Å²) in [6.45, 7) is 1.60. The van der Waals surface area contributed by atoms with Gasteiger partial charge in [-0.2, -0.15) is 5.10 Å². The van der Waals surface area contributed by atoms with Gasteiger partial charge in [0.15, 0.2) is 9.84 Å². The second-order valence-corrected chi connectivity index (χ2v) is 9.32. The molecule has 31 heavy (non-hydrogen) atoms.